The fourth-order valence-corrected chi connectivity index (χ4v) is 3.01. The number of benzene rings is 2. The fourth-order valence-electron chi connectivity index (χ4n) is 2.48. The van der Waals surface area contributed by atoms with E-state index in [4.69, 9.17) is 23.2 Å². The van der Waals surface area contributed by atoms with Gasteiger partial charge in [0.1, 0.15) is 0 Å². The highest BCUT2D eigenvalue weighted by atomic mass is 35.5. The minimum Gasteiger partial charge on any atom is -0.376 e. The van der Waals surface area contributed by atoms with Crippen LogP contribution < -0.4 is 16.0 Å². The SMILES string of the molecule is CCCCCC(=O)Nc1cccc(NCC(=O)Nc2cc(Cl)cc(Cl)c2)c1. The van der Waals surface area contributed by atoms with Crippen molar-refractivity contribution in [3.8, 4) is 0 Å². The summed E-state index contributed by atoms with van der Waals surface area (Å²) in [6, 6.07) is 12.1. The number of unbranched alkanes of at least 4 members (excludes halogenated alkanes) is 2. The summed E-state index contributed by atoms with van der Waals surface area (Å²) in [4.78, 5) is 24.0. The molecule has 5 nitrogen and oxygen atoms in total. The Labute approximate surface area is 169 Å². The molecule has 2 rings (SSSR count). The minimum absolute atomic E-state index is 0.00354. The molecule has 3 N–H and O–H groups in total. The van der Waals surface area contributed by atoms with Crippen molar-refractivity contribution in [3.05, 3.63) is 52.5 Å². The number of hydrogen-bond acceptors (Lipinski definition) is 3. The van der Waals surface area contributed by atoms with E-state index < -0.39 is 0 Å². The zero-order valence-electron chi connectivity index (χ0n) is 15.1. The summed E-state index contributed by atoms with van der Waals surface area (Å²) < 4.78 is 0. The molecule has 0 saturated carbocycles. The minimum atomic E-state index is -0.234. The summed E-state index contributed by atoms with van der Waals surface area (Å²) in [5.41, 5.74) is 1.97. The third-order valence-electron chi connectivity index (χ3n) is 3.75. The second kappa shape index (κ2) is 10.8. The number of carbonyl (C=O) groups is 2. The Morgan fingerprint density at radius 2 is 1.52 bits per heavy atom. The molecule has 0 aliphatic heterocycles. The van der Waals surface area contributed by atoms with Gasteiger partial charge in [0.15, 0.2) is 0 Å². The number of nitrogens with one attached hydrogen (secondary N) is 3. The van der Waals surface area contributed by atoms with Crippen LogP contribution in [0.5, 0.6) is 0 Å². The maximum Gasteiger partial charge on any atom is 0.243 e. The van der Waals surface area contributed by atoms with E-state index in [1.165, 1.54) is 0 Å². The summed E-state index contributed by atoms with van der Waals surface area (Å²) in [5.74, 6) is -0.237. The molecule has 0 unspecified atom stereocenters. The van der Waals surface area contributed by atoms with Gasteiger partial charge in [0.25, 0.3) is 0 Å². The van der Waals surface area contributed by atoms with E-state index in [1.54, 1.807) is 24.3 Å². The van der Waals surface area contributed by atoms with Crippen LogP contribution in [0, 0.1) is 0 Å². The number of hydrogen-bond donors (Lipinski definition) is 3. The topological polar surface area (TPSA) is 70.2 Å². The van der Waals surface area contributed by atoms with E-state index >= 15 is 0 Å². The summed E-state index contributed by atoms with van der Waals surface area (Å²) in [7, 11) is 0. The van der Waals surface area contributed by atoms with Crippen molar-refractivity contribution in [2.75, 3.05) is 22.5 Å². The normalized spacial score (nSPS) is 10.3. The third kappa shape index (κ3) is 7.89. The van der Waals surface area contributed by atoms with E-state index in [2.05, 4.69) is 22.9 Å². The first kappa shape index (κ1) is 21.1. The van der Waals surface area contributed by atoms with Crippen molar-refractivity contribution >= 4 is 52.1 Å². The van der Waals surface area contributed by atoms with Gasteiger partial charge in [-0.1, -0.05) is 49.0 Å². The Hall–Kier alpha value is -2.24. The summed E-state index contributed by atoms with van der Waals surface area (Å²) >= 11 is 11.8. The standard InChI is InChI=1S/C20H23Cl2N3O2/c1-2-3-4-8-19(26)24-17-7-5-6-16(12-17)23-13-20(27)25-18-10-14(21)9-15(22)11-18/h5-7,9-12,23H,2-4,8,13H2,1H3,(H,24,26)(H,25,27). The number of halogens is 2. The Morgan fingerprint density at radius 3 is 2.22 bits per heavy atom. The number of anilines is 3. The average Bonchev–Trinajstić information content (AvgIpc) is 2.59. The second-order valence-corrected chi connectivity index (χ2v) is 7.02. The van der Waals surface area contributed by atoms with Gasteiger partial charge in [-0.2, -0.15) is 0 Å². The van der Waals surface area contributed by atoms with Crippen LogP contribution in [0.1, 0.15) is 32.6 Å². The van der Waals surface area contributed by atoms with Crippen molar-refractivity contribution in [3.63, 3.8) is 0 Å². The van der Waals surface area contributed by atoms with E-state index in [-0.39, 0.29) is 18.4 Å². The Kier molecular flexibility index (Phi) is 8.43. The lowest BCUT2D eigenvalue weighted by Gasteiger charge is -2.10. The highest BCUT2D eigenvalue weighted by molar-refractivity contribution is 6.35. The zero-order valence-corrected chi connectivity index (χ0v) is 16.7. The third-order valence-corrected chi connectivity index (χ3v) is 4.19. The van der Waals surface area contributed by atoms with Crippen molar-refractivity contribution in [2.45, 2.75) is 32.6 Å². The van der Waals surface area contributed by atoms with Gasteiger partial charge in [-0.25, -0.2) is 0 Å². The number of rotatable bonds is 9. The molecule has 27 heavy (non-hydrogen) atoms. The summed E-state index contributed by atoms with van der Waals surface area (Å²) in [5, 5.41) is 9.54. The lowest BCUT2D eigenvalue weighted by molar-refractivity contribution is -0.116. The molecule has 0 heterocycles. The molecule has 7 heteroatoms. The molecule has 0 aliphatic rings. The van der Waals surface area contributed by atoms with Gasteiger partial charge < -0.3 is 16.0 Å². The molecule has 2 amide bonds. The molecule has 0 atom stereocenters. The maximum absolute atomic E-state index is 12.1. The lowest BCUT2D eigenvalue weighted by atomic mass is 10.2. The molecule has 0 aromatic heterocycles. The van der Waals surface area contributed by atoms with Crippen molar-refractivity contribution in [1.29, 1.82) is 0 Å². The van der Waals surface area contributed by atoms with Gasteiger partial charge in [-0.15, -0.1) is 0 Å². The quantitative estimate of drug-likeness (QED) is 0.476. The van der Waals surface area contributed by atoms with Crippen LogP contribution in [-0.4, -0.2) is 18.4 Å². The predicted octanol–water partition coefficient (Wildman–Crippen LogP) is 5.56. The molecule has 0 saturated heterocycles. The first-order valence-electron chi connectivity index (χ1n) is 8.86. The van der Waals surface area contributed by atoms with Crippen molar-refractivity contribution in [2.24, 2.45) is 0 Å². The van der Waals surface area contributed by atoms with E-state index in [0.717, 1.165) is 24.9 Å². The molecular weight excluding hydrogens is 385 g/mol. The van der Waals surface area contributed by atoms with Gasteiger partial charge >= 0.3 is 0 Å². The Bertz CT molecular complexity index is 776. The fraction of sp³-hybridized carbons (Fsp3) is 0.300. The van der Waals surface area contributed by atoms with Gasteiger partial charge in [0.2, 0.25) is 11.8 Å². The molecular formula is C20H23Cl2N3O2. The molecule has 2 aromatic rings. The van der Waals surface area contributed by atoms with Gasteiger partial charge in [-0.05, 0) is 42.8 Å². The van der Waals surface area contributed by atoms with Crippen LogP contribution in [-0.2, 0) is 9.59 Å². The van der Waals surface area contributed by atoms with Crippen molar-refractivity contribution < 1.29 is 9.59 Å². The first-order valence-corrected chi connectivity index (χ1v) is 9.61. The summed E-state index contributed by atoms with van der Waals surface area (Å²) in [6.07, 6.45) is 3.52. The maximum atomic E-state index is 12.1. The number of amides is 2. The summed E-state index contributed by atoms with van der Waals surface area (Å²) in [6.45, 7) is 2.17. The Balaban J connectivity index is 1.84. The van der Waals surface area contributed by atoms with Crippen LogP contribution in [0.25, 0.3) is 0 Å². The van der Waals surface area contributed by atoms with Crippen molar-refractivity contribution in [1.82, 2.24) is 0 Å². The molecule has 0 bridgehead atoms. The predicted molar refractivity (Wildman–Crippen MR) is 113 cm³/mol. The molecule has 2 aromatic carbocycles. The van der Waals surface area contributed by atoms with Crippen LogP contribution >= 0.6 is 23.2 Å². The highest BCUT2D eigenvalue weighted by Gasteiger charge is 2.06. The second-order valence-electron chi connectivity index (χ2n) is 6.15. The van der Waals surface area contributed by atoms with Gasteiger partial charge in [0, 0.05) is 33.5 Å². The zero-order chi connectivity index (χ0) is 19.6. The van der Waals surface area contributed by atoms with Gasteiger partial charge in [0.05, 0.1) is 6.54 Å². The first-order chi connectivity index (χ1) is 13.0. The molecule has 0 aliphatic carbocycles. The van der Waals surface area contributed by atoms with Crippen LogP contribution in [0.4, 0.5) is 17.1 Å². The molecule has 0 radical (unpaired) electrons. The van der Waals surface area contributed by atoms with E-state index in [9.17, 15) is 9.59 Å². The average molecular weight is 408 g/mol. The monoisotopic (exact) mass is 407 g/mol. The van der Waals surface area contributed by atoms with E-state index in [0.29, 0.717) is 27.8 Å². The number of carbonyl (C=O) groups excluding carboxylic acids is 2. The van der Waals surface area contributed by atoms with Gasteiger partial charge in [-0.3, -0.25) is 9.59 Å². The van der Waals surface area contributed by atoms with Crippen LogP contribution in [0.3, 0.4) is 0 Å². The lowest BCUT2D eigenvalue weighted by Crippen LogP contribution is -2.21. The molecule has 0 spiro atoms. The molecule has 0 fully saturated rings. The molecule has 144 valence electrons. The largest absolute Gasteiger partial charge is 0.376 e. The van der Waals surface area contributed by atoms with Crippen LogP contribution in [0.15, 0.2) is 42.5 Å². The van der Waals surface area contributed by atoms with Crippen LogP contribution in [0.2, 0.25) is 10.0 Å². The highest BCUT2D eigenvalue weighted by Crippen LogP contribution is 2.22. The van der Waals surface area contributed by atoms with E-state index in [1.807, 2.05) is 18.2 Å². The smallest absolute Gasteiger partial charge is 0.243 e. The Morgan fingerprint density at radius 1 is 0.852 bits per heavy atom.